The molecule has 1 aliphatic rings. The van der Waals surface area contributed by atoms with Gasteiger partial charge in [-0.2, -0.15) is 0 Å². The lowest BCUT2D eigenvalue weighted by Crippen LogP contribution is -2.32. The third kappa shape index (κ3) is 8.40. The van der Waals surface area contributed by atoms with Gasteiger partial charge in [0.15, 0.2) is 5.79 Å². The molecule has 1 rings (SSSR count). The van der Waals surface area contributed by atoms with Crippen LogP contribution in [0, 0.1) is 0 Å². The lowest BCUT2D eigenvalue weighted by molar-refractivity contribution is -0.127. The van der Waals surface area contributed by atoms with E-state index in [2.05, 4.69) is 0 Å². The van der Waals surface area contributed by atoms with E-state index < -0.39 is 11.9 Å². The van der Waals surface area contributed by atoms with E-state index in [4.69, 9.17) is 25.8 Å². The third-order valence-electron chi connectivity index (χ3n) is 1.64. The molecule has 0 aromatic carbocycles. The molecular formula is C9H21NO4. The van der Waals surface area contributed by atoms with Gasteiger partial charge in [0, 0.05) is 13.2 Å². The molecule has 2 atom stereocenters. The monoisotopic (exact) mass is 207 g/mol. The number of aliphatic hydroxyl groups excluding tert-OH is 1. The van der Waals surface area contributed by atoms with Crippen LogP contribution in [0.15, 0.2) is 0 Å². The van der Waals surface area contributed by atoms with E-state index in [0.29, 0.717) is 6.54 Å². The Hall–Kier alpha value is -0.200. The highest BCUT2D eigenvalue weighted by atomic mass is 16.5. The van der Waals surface area contributed by atoms with E-state index >= 15 is 0 Å². The van der Waals surface area contributed by atoms with Crippen LogP contribution in [0.5, 0.6) is 0 Å². The molecule has 0 spiro atoms. The molecule has 0 aromatic heterocycles. The zero-order chi connectivity index (χ0) is 11.2. The predicted octanol–water partition coefficient (Wildman–Crippen LogP) is -0.808. The van der Waals surface area contributed by atoms with Gasteiger partial charge >= 0.3 is 0 Å². The Labute approximate surface area is 84.5 Å². The first-order valence-corrected chi connectivity index (χ1v) is 4.79. The summed E-state index contributed by atoms with van der Waals surface area (Å²) in [5, 5.41) is 25.3. The Morgan fingerprint density at radius 3 is 2.29 bits per heavy atom. The van der Waals surface area contributed by atoms with Gasteiger partial charge in [0.25, 0.3) is 0 Å². The highest BCUT2D eigenvalue weighted by Crippen LogP contribution is 2.14. The molecule has 0 aliphatic carbocycles. The molecular weight excluding hydrogens is 186 g/mol. The van der Waals surface area contributed by atoms with Gasteiger partial charge in [-0.15, -0.1) is 0 Å². The minimum absolute atomic E-state index is 0.00926. The molecule has 14 heavy (non-hydrogen) atoms. The molecule has 86 valence electrons. The first-order chi connectivity index (χ1) is 6.34. The smallest absolute Gasteiger partial charge is 0.156 e. The Morgan fingerprint density at radius 1 is 1.50 bits per heavy atom. The minimum atomic E-state index is -1.50. The first kappa shape index (κ1) is 13.8. The molecule has 1 heterocycles. The van der Waals surface area contributed by atoms with Gasteiger partial charge in [0.05, 0.1) is 12.2 Å². The summed E-state index contributed by atoms with van der Waals surface area (Å²) >= 11 is 0. The van der Waals surface area contributed by atoms with Crippen molar-refractivity contribution < 1.29 is 20.1 Å². The summed E-state index contributed by atoms with van der Waals surface area (Å²) in [6.07, 6.45) is 1.57. The highest BCUT2D eigenvalue weighted by molar-refractivity contribution is 4.73. The van der Waals surface area contributed by atoms with Crippen LogP contribution in [0.1, 0.15) is 26.7 Å². The summed E-state index contributed by atoms with van der Waals surface area (Å²) in [5.74, 6) is -1.50. The summed E-state index contributed by atoms with van der Waals surface area (Å²) in [7, 11) is 0. The number of hydrogen-bond acceptors (Lipinski definition) is 5. The molecule has 0 saturated carbocycles. The molecule has 2 unspecified atom stereocenters. The molecule has 0 amide bonds. The topological polar surface area (TPSA) is 95.9 Å². The molecule has 0 bridgehead atoms. The highest BCUT2D eigenvalue weighted by Gasteiger charge is 2.22. The van der Waals surface area contributed by atoms with Crippen molar-refractivity contribution in [2.75, 3.05) is 13.2 Å². The SMILES string of the molecule is CC(C)(O)O.NCC(O)C1CCCO1. The van der Waals surface area contributed by atoms with Crippen molar-refractivity contribution in [2.45, 2.75) is 44.7 Å². The van der Waals surface area contributed by atoms with Crippen molar-refractivity contribution in [3.8, 4) is 0 Å². The molecule has 0 radical (unpaired) electrons. The van der Waals surface area contributed by atoms with Crippen LogP contribution in [0.25, 0.3) is 0 Å². The van der Waals surface area contributed by atoms with Gasteiger partial charge < -0.3 is 25.8 Å². The summed E-state index contributed by atoms with van der Waals surface area (Å²) in [5.41, 5.74) is 5.22. The second kappa shape index (κ2) is 6.31. The van der Waals surface area contributed by atoms with Gasteiger partial charge in [-0.3, -0.25) is 0 Å². The summed E-state index contributed by atoms with van der Waals surface area (Å²) < 4.78 is 5.18. The molecule has 0 aromatic rings. The Balaban J connectivity index is 0.000000292. The standard InChI is InChI=1S/C6H13NO2.C3H8O2/c7-4-5(8)6-2-1-3-9-6;1-3(2,4)5/h5-6,8H,1-4,7H2;4-5H,1-2H3. The summed E-state index contributed by atoms with van der Waals surface area (Å²) in [4.78, 5) is 0. The Bertz CT molecular complexity index is 134. The average Bonchev–Trinajstić information content (AvgIpc) is 2.51. The second-order valence-electron chi connectivity index (χ2n) is 3.85. The number of ether oxygens (including phenoxy) is 1. The van der Waals surface area contributed by atoms with Crippen LogP contribution in [0.4, 0.5) is 0 Å². The van der Waals surface area contributed by atoms with Crippen molar-refractivity contribution in [3.63, 3.8) is 0 Å². The Kier molecular flexibility index (Phi) is 6.22. The van der Waals surface area contributed by atoms with Crippen LogP contribution < -0.4 is 5.73 Å². The van der Waals surface area contributed by atoms with E-state index in [9.17, 15) is 0 Å². The molecule has 5 nitrogen and oxygen atoms in total. The first-order valence-electron chi connectivity index (χ1n) is 4.79. The lowest BCUT2D eigenvalue weighted by atomic mass is 10.1. The number of nitrogens with two attached hydrogens (primary N) is 1. The minimum Gasteiger partial charge on any atom is -0.389 e. The average molecular weight is 207 g/mol. The van der Waals surface area contributed by atoms with Crippen LogP contribution in [-0.2, 0) is 4.74 Å². The van der Waals surface area contributed by atoms with Crippen LogP contribution >= 0.6 is 0 Å². The van der Waals surface area contributed by atoms with Gasteiger partial charge in [-0.1, -0.05) is 0 Å². The maximum absolute atomic E-state index is 9.11. The molecule has 5 N–H and O–H groups in total. The number of hydrogen-bond donors (Lipinski definition) is 4. The van der Waals surface area contributed by atoms with Crippen molar-refractivity contribution in [3.05, 3.63) is 0 Å². The van der Waals surface area contributed by atoms with Crippen molar-refractivity contribution in [1.29, 1.82) is 0 Å². The fourth-order valence-corrected chi connectivity index (χ4v) is 1.06. The van der Waals surface area contributed by atoms with Gasteiger partial charge in [0.2, 0.25) is 0 Å². The summed E-state index contributed by atoms with van der Waals surface area (Å²) in [6, 6.07) is 0. The fraction of sp³-hybridized carbons (Fsp3) is 1.00. The number of rotatable bonds is 2. The zero-order valence-corrected chi connectivity index (χ0v) is 8.81. The molecule has 1 fully saturated rings. The lowest BCUT2D eigenvalue weighted by Gasteiger charge is -2.14. The van der Waals surface area contributed by atoms with Crippen LogP contribution in [0.3, 0.4) is 0 Å². The molecule has 5 heteroatoms. The predicted molar refractivity (Wildman–Crippen MR) is 52.6 cm³/mol. The third-order valence-corrected chi connectivity index (χ3v) is 1.64. The zero-order valence-electron chi connectivity index (χ0n) is 8.81. The number of aliphatic hydroxyl groups is 3. The van der Waals surface area contributed by atoms with E-state index in [1.807, 2.05) is 0 Å². The van der Waals surface area contributed by atoms with Crippen molar-refractivity contribution in [2.24, 2.45) is 5.73 Å². The second-order valence-corrected chi connectivity index (χ2v) is 3.85. The quantitative estimate of drug-likeness (QED) is 0.444. The maximum Gasteiger partial charge on any atom is 0.156 e. The van der Waals surface area contributed by atoms with Gasteiger partial charge in [-0.05, 0) is 26.7 Å². The summed E-state index contributed by atoms with van der Waals surface area (Å²) in [6.45, 7) is 3.69. The molecule has 1 aliphatic heterocycles. The van der Waals surface area contributed by atoms with E-state index in [-0.39, 0.29) is 6.10 Å². The van der Waals surface area contributed by atoms with E-state index in [1.54, 1.807) is 0 Å². The van der Waals surface area contributed by atoms with Gasteiger partial charge in [-0.25, -0.2) is 0 Å². The molecule has 1 saturated heterocycles. The maximum atomic E-state index is 9.11. The van der Waals surface area contributed by atoms with Crippen LogP contribution in [-0.4, -0.2) is 46.5 Å². The van der Waals surface area contributed by atoms with E-state index in [1.165, 1.54) is 13.8 Å². The fourth-order valence-electron chi connectivity index (χ4n) is 1.06. The van der Waals surface area contributed by atoms with Crippen LogP contribution in [0.2, 0.25) is 0 Å². The van der Waals surface area contributed by atoms with Gasteiger partial charge in [0.1, 0.15) is 0 Å². The van der Waals surface area contributed by atoms with Crippen molar-refractivity contribution >= 4 is 0 Å². The van der Waals surface area contributed by atoms with E-state index in [0.717, 1.165) is 19.4 Å². The Morgan fingerprint density at radius 2 is 2.00 bits per heavy atom. The normalized spacial score (nSPS) is 24.0. The largest absolute Gasteiger partial charge is 0.389 e. The van der Waals surface area contributed by atoms with Crippen molar-refractivity contribution in [1.82, 2.24) is 0 Å².